The van der Waals surface area contributed by atoms with E-state index in [0.29, 0.717) is 29.3 Å². The number of sulfonamides is 1. The van der Waals surface area contributed by atoms with Crippen LogP contribution in [0.5, 0.6) is 5.75 Å². The number of anilines is 1. The van der Waals surface area contributed by atoms with E-state index in [0.717, 1.165) is 11.3 Å². The van der Waals surface area contributed by atoms with Crippen molar-refractivity contribution in [3.8, 4) is 5.75 Å². The van der Waals surface area contributed by atoms with Crippen LogP contribution in [0.2, 0.25) is 0 Å². The molecule has 1 aromatic heterocycles. The van der Waals surface area contributed by atoms with Gasteiger partial charge in [-0.25, -0.2) is 8.42 Å². The normalized spacial score (nSPS) is 18.5. The van der Waals surface area contributed by atoms with Gasteiger partial charge in [-0.15, -0.1) is 11.3 Å². The number of ether oxygens (including phenoxy) is 1. The maximum atomic E-state index is 12.7. The first kappa shape index (κ1) is 18.9. The maximum Gasteiger partial charge on any atom is 0.252 e. The molecule has 2 heterocycles. The maximum absolute atomic E-state index is 12.7. The molecule has 1 aliphatic rings. The number of carbonyl (C=O) groups excluding carboxylic acids is 1. The SMILES string of the molecule is COc1ccc(NC(=O)C2CCCN(S(=O)(=O)c3cccs3)C2)cc1C. The average Bonchev–Trinajstić information content (AvgIpc) is 3.17. The second kappa shape index (κ2) is 7.77. The van der Waals surface area contributed by atoms with Crippen LogP contribution in [0.25, 0.3) is 0 Å². The summed E-state index contributed by atoms with van der Waals surface area (Å²) in [7, 11) is -1.92. The highest BCUT2D eigenvalue weighted by Crippen LogP contribution is 2.27. The standard InChI is InChI=1S/C18H22N2O4S2/c1-13-11-15(7-8-16(13)24-2)19-18(21)14-5-3-9-20(12-14)26(22,23)17-6-4-10-25-17/h4,6-8,10-11,14H,3,5,9,12H2,1-2H3,(H,19,21). The van der Waals surface area contributed by atoms with E-state index >= 15 is 0 Å². The zero-order valence-corrected chi connectivity index (χ0v) is 16.4. The van der Waals surface area contributed by atoms with Crippen molar-refractivity contribution in [2.24, 2.45) is 5.92 Å². The largest absolute Gasteiger partial charge is 0.496 e. The smallest absolute Gasteiger partial charge is 0.252 e. The van der Waals surface area contributed by atoms with Gasteiger partial charge >= 0.3 is 0 Å². The van der Waals surface area contributed by atoms with Gasteiger partial charge in [-0.1, -0.05) is 6.07 Å². The summed E-state index contributed by atoms with van der Waals surface area (Å²) in [5, 5.41) is 4.64. The zero-order valence-electron chi connectivity index (χ0n) is 14.8. The van der Waals surface area contributed by atoms with Crippen molar-refractivity contribution in [3.05, 3.63) is 41.3 Å². The van der Waals surface area contributed by atoms with E-state index in [2.05, 4.69) is 5.32 Å². The van der Waals surface area contributed by atoms with Crippen molar-refractivity contribution < 1.29 is 17.9 Å². The van der Waals surface area contributed by atoms with Crippen LogP contribution in [0.1, 0.15) is 18.4 Å². The molecule has 1 saturated heterocycles. The third-order valence-electron chi connectivity index (χ3n) is 4.51. The second-order valence-corrected chi connectivity index (χ2v) is 9.42. The fraction of sp³-hybridized carbons (Fsp3) is 0.389. The number of hydrogen-bond donors (Lipinski definition) is 1. The van der Waals surface area contributed by atoms with E-state index in [1.807, 2.05) is 13.0 Å². The Bertz CT molecular complexity index is 879. The van der Waals surface area contributed by atoms with Gasteiger partial charge in [0.05, 0.1) is 13.0 Å². The van der Waals surface area contributed by atoms with E-state index < -0.39 is 10.0 Å². The first-order chi connectivity index (χ1) is 12.4. The third kappa shape index (κ3) is 3.92. The first-order valence-corrected chi connectivity index (χ1v) is 10.7. The molecule has 1 aliphatic heterocycles. The molecular formula is C18H22N2O4S2. The molecule has 0 saturated carbocycles. The number of benzene rings is 1. The molecule has 26 heavy (non-hydrogen) atoms. The summed E-state index contributed by atoms with van der Waals surface area (Å²) in [5.41, 5.74) is 1.61. The molecule has 1 aromatic carbocycles. The highest BCUT2D eigenvalue weighted by atomic mass is 32.2. The van der Waals surface area contributed by atoms with Crippen LogP contribution in [-0.2, 0) is 14.8 Å². The van der Waals surface area contributed by atoms with Crippen LogP contribution in [0.4, 0.5) is 5.69 Å². The predicted molar refractivity (Wildman–Crippen MR) is 102 cm³/mol. The fourth-order valence-corrected chi connectivity index (χ4v) is 5.78. The van der Waals surface area contributed by atoms with Gasteiger partial charge in [0.15, 0.2) is 0 Å². The fourth-order valence-electron chi connectivity index (χ4n) is 3.11. The molecule has 1 amide bonds. The van der Waals surface area contributed by atoms with Crippen LogP contribution >= 0.6 is 11.3 Å². The van der Waals surface area contributed by atoms with Gasteiger partial charge in [0.2, 0.25) is 5.91 Å². The summed E-state index contributed by atoms with van der Waals surface area (Å²) >= 11 is 1.20. The summed E-state index contributed by atoms with van der Waals surface area (Å²) < 4.78 is 32.3. The Kier molecular flexibility index (Phi) is 5.64. The Morgan fingerprint density at radius 2 is 2.15 bits per heavy atom. The number of methoxy groups -OCH3 is 1. The Balaban J connectivity index is 1.69. The highest BCUT2D eigenvalue weighted by molar-refractivity contribution is 7.91. The van der Waals surface area contributed by atoms with Crippen LogP contribution in [0.15, 0.2) is 39.9 Å². The van der Waals surface area contributed by atoms with Crippen LogP contribution in [0.3, 0.4) is 0 Å². The van der Waals surface area contributed by atoms with Gasteiger partial charge in [0, 0.05) is 18.8 Å². The molecular weight excluding hydrogens is 372 g/mol. The zero-order chi connectivity index (χ0) is 18.7. The van der Waals surface area contributed by atoms with Crippen molar-refractivity contribution in [3.63, 3.8) is 0 Å². The summed E-state index contributed by atoms with van der Waals surface area (Å²) in [6, 6.07) is 8.76. The second-order valence-electron chi connectivity index (χ2n) is 6.31. The van der Waals surface area contributed by atoms with Gasteiger partial charge in [-0.3, -0.25) is 4.79 Å². The minimum atomic E-state index is -3.52. The molecule has 1 unspecified atom stereocenters. The molecule has 0 bridgehead atoms. The summed E-state index contributed by atoms with van der Waals surface area (Å²) in [4.78, 5) is 12.6. The van der Waals surface area contributed by atoms with E-state index in [9.17, 15) is 13.2 Å². The number of piperidine rings is 1. The van der Waals surface area contributed by atoms with E-state index in [1.165, 1.54) is 15.6 Å². The number of nitrogens with zero attached hydrogens (tertiary/aromatic N) is 1. The minimum Gasteiger partial charge on any atom is -0.496 e. The van der Waals surface area contributed by atoms with E-state index in [-0.39, 0.29) is 18.4 Å². The van der Waals surface area contributed by atoms with Crippen LogP contribution in [-0.4, -0.2) is 38.8 Å². The molecule has 2 aromatic rings. The number of hydrogen-bond acceptors (Lipinski definition) is 5. The molecule has 6 nitrogen and oxygen atoms in total. The molecule has 0 radical (unpaired) electrons. The van der Waals surface area contributed by atoms with Crippen molar-refractivity contribution in [2.45, 2.75) is 24.0 Å². The number of rotatable bonds is 5. The van der Waals surface area contributed by atoms with Crippen molar-refractivity contribution in [2.75, 3.05) is 25.5 Å². The first-order valence-electron chi connectivity index (χ1n) is 8.41. The third-order valence-corrected chi connectivity index (χ3v) is 7.74. The molecule has 140 valence electrons. The lowest BCUT2D eigenvalue weighted by atomic mass is 9.98. The summed E-state index contributed by atoms with van der Waals surface area (Å²) in [6.07, 6.45) is 1.35. The van der Waals surface area contributed by atoms with Crippen molar-refractivity contribution in [1.82, 2.24) is 4.31 Å². The molecule has 0 spiro atoms. The Hall–Kier alpha value is -1.90. The lowest BCUT2D eigenvalue weighted by Crippen LogP contribution is -2.43. The van der Waals surface area contributed by atoms with E-state index in [4.69, 9.17) is 4.74 Å². The predicted octanol–water partition coefficient (Wildman–Crippen LogP) is 3.10. The van der Waals surface area contributed by atoms with Gasteiger partial charge in [-0.05, 0) is 55.0 Å². The molecule has 1 atom stereocenters. The van der Waals surface area contributed by atoms with Gasteiger partial charge in [-0.2, -0.15) is 4.31 Å². The number of nitrogens with one attached hydrogen (secondary N) is 1. The van der Waals surface area contributed by atoms with Crippen LogP contribution < -0.4 is 10.1 Å². The molecule has 8 heteroatoms. The Morgan fingerprint density at radius 1 is 1.35 bits per heavy atom. The van der Waals surface area contributed by atoms with Gasteiger partial charge < -0.3 is 10.1 Å². The molecule has 0 aliphatic carbocycles. The number of aryl methyl sites for hydroxylation is 1. The monoisotopic (exact) mass is 394 g/mol. The Labute approximate surface area is 157 Å². The van der Waals surface area contributed by atoms with Crippen LogP contribution in [0, 0.1) is 12.8 Å². The minimum absolute atomic E-state index is 0.152. The van der Waals surface area contributed by atoms with Crippen molar-refractivity contribution >= 4 is 33.0 Å². The number of amides is 1. The molecule has 3 rings (SSSR count). The summed E-state index contributed by atoms with van der Waals surface area (Å²) in [6.45, 7) is 2.57. The number of carbonyl (C=O) groups is 1. The van der Waals surface area contributed by atoms with Gasteiger partial charge in [0.1, 0.15) is 9.96 Å². The lowest BCUT2D eigenvalue weighted by molar-refractivity contribution is -0.120. The summed E-state index contributed by atoms with van der Waals surface area (Å²) in [5.74, 6) is 0.246. The molecule has 1 N–H and O–H groups in total. The van der Waals surface area contributed by atoms with Crippen molar-refractivity contribution in [1.29, 1.82) is 0 Å². The topological polar surface area (TPSA) is 75.7 Å². The number of thiophene rings is 1. The lowest BCUT2D eigenvalue weighted by Gasteiger charge is -2.30. The Morgan fingerprint density at radius 3 is 2.81 bits per heavy atom. The van der Waals surface area contributed by atoms with Gasteiger partial charge in [0.25, 0.3) is 10.0 Å². The van der Waals surface area contributed by atoms with E-state index in [1.54, 1.807) is 36.8 Å². The highest BCUT2D eigenvalue weighted by Gasteiger charge is 2.33. The quantitative estimate of drug-likeness (QED) is 0.845. The average molecular weight is 395 g/mol. The molecule has 1 fully saturated rings.